The molecule has 1 N–H and O–H groups in total. The first kappa shape index (κ1) is 23.2. The Labute approximate surface area is 183 Å². The zero-order valence-corrected chi connectivity index (χ0v) is 19.1. The van der Waals surface area contributed by atoms with Gasteiger partial charge in [-0.3, -0.25) is 9.59 Å². The maximum Gasteiger partial charge on any atom is 0.242 e. The highest BCUT2D eigenvalue weighted by atomic mass is 35.5. The van der Waals surface area contributed by atoms with E-state index in [9.17, 15) is 9.59 Å². The summed E-state index contributed by atoms with van der Waals surface area (Å²) in [4.78, 5) is 27.6. The lowest BCUT2D eigenvalue weighted by atomic mass is 10.0. The number of nitrogens with one attached hydrogen (secondary N) is 1. The zero-order valence-electron chi connectivity index (χ0n) is 17.6. The van der Waals surface area contributed by atoms with Crippen LogP contribution < -0.4 is 5.32 Å². The highest BCUT2D eigenvalue weighted by Gasteiger charge is 2.29. The molecule has 2 rings (SSSR count). The molecule has 4 nitrogen and oxygen atoms in total. The number of hydrogen-bond acceptors (Lipinski definition) is 2. The Bertz CT molecular complexity index is 891. The first-order chi connectivity index (χ1) is 13.5. The van der Waals surface area contributed by atoms with Crippen molar-refractivity contribution < 1.29 is 9.59 Å². The van der Waals surface area contributed by atoms with Crippen molar-refractivity contribution in [3.63, 3.8) is 0 Å². The summed E-state index contributed by atoms with van der Waals surface area (Å²) in [6.45, 7) is 9.66. The van der Waals surface area contributed by atoms with Crippen molar-refractivity contribution in [2.45, 2.75) is 59.2 Å². The van der Waals surface area contributed by atoms with Gasteiger partial charge in [-0.05, 0) is 63.4 Å². The van der Waals surface area contributed by atoms with Crippen LogP contribution in [-0.4, -0.2) is 28.3 Å². The van der Waals surface area contributed by atoms with Gasteiger partial charge in [0.05, 0.1) is 6.42 Å². The summed E-state index contributed by atoms with van der Waals surface area (Å²) >= 11 is 12.3. The number of halogens is 2. The third-order valence-electron chi connectivity index (χ3n) is 4.62. The minimum absolute atomic E-state index is 0.137. The van der Waals surface area contributed by atoms with Crippen LogP contribution in [0, 0.1) is 6.92 Å². The summed E-state index contributed by atoms with van der Waals surface area (Å²) < 4.78 is 0. The van der Waals surface area contributed by atoms with Crippen molar-refractivity contribution in [1.82, 2.24) is 10.2 Å². The molecule has 29 heavy (non-hydrogen) atoms. The van der Waals surface area contributed by atoms with E-state index >= 15 is 0 Å². The Hall–Kier alpha value is -2.04. The minimum Gasteiger partial charge on any atom is -0.350 e. The van der Waals surface area contributed by atoms with Crippen LogP contribution in [-0.2, 0) is 22.6 Å². The van der Waals surface area contributed by atoms with Gasteiger partial charge in [-0.15, -0.1) is 0 Å². The summed E-state index contributed by atoms with van der Waals surface area (Å²) in [5.74, 6) is -0.345. The molecular formula is C23H28Cl2N2O2. The van der Waals surface area contributed by atoms with E-state index in [1.807, 2.05) is 52.0 Å². The molecule has 0 bridgehead atoms. The molecule has 0 heterocycles. The van der Waals surface area contributed by atoms with E-state index < -0.39 is 11.6 Å². The topological polar surface area (TPSA) is 49.4 Å². The third-order valence-corrected chi connectivity index (χ3v) is 5.21. The van der Waals surface area contributed by atoms with Gasteiger partial charge in [-0.2, -0.15) is 0 Å². The van der Waals surface area contributed by atoms with Crippen LogP contribution in [0.15, 0.2) is 42.5 Å². The van der Waals surface area contributed by atoms with E-state index in [-0.39, 0.29) is 24.8 Å². The fourth-order valence-corrected chi connectivity index (χ4v) is 3.43. The largest absolute Gasteiger partial charge is 0.350 e. The Morgan fingerprint density at radius 2 is 1.72 bits per heavy atom. The molecule has 0 aliphatic carbocycles. The first-order valence-corrected chi connectivity index (χ1v) is 10.3. The standard InChI is InChI=1S/C23H28Cl2N2O2/c1-15-8-6-7-9-17(15)12-21(28)27(16(2)22(29)26-23(3,4)5)14-18-10-11-19(24)13-20(18)25/h6-11,13,16H,12,14H2,1-5H3,(H,26,29). The lowest BCUT2D eigenvalue weighted by Gasteiger charge is -2.32. The van der Waals surface area contributed by atoms with Crippen LogP contribution in [0.4, 0.5) is 0 Å². The van der Waals surface area contributed by atoms with Crippen LogP contribution in [0.3, 0.4) is 0 Å². The number of carbonyl (C=O) groups excluding carboxylic acids is 2. The van der Waals surface area contributed by atoms with Crippen LogP contribution >= 0.6 is 23.2 Å². The Morgan fingerprint density at radius 3 is 2.31 bits per heavy atom. The smallest absolute Gasteiger partial charge is 0.242 e. The first-order valence-electron chi connectivity index (χ1n) is 9.58. The molecule has 0 spiro atoms. The molecule has 6 heteroatoms. The van der Waals surface area contributed by atoms with Crippen molar-refractivity contribution in [3.8, 4) is 0 Å². The minimum atomic E-state index is -0.655. The number of amides is 2. The Kier molecular flexibility index (Phi) is 7.73. The number of carbonyl (C=O) groups is 2. The fourth-order valence-electron chi connectivity index (χ4n) is 2.96. The second-order valence-electron chi connectivity index (χ2n) is 8.28. The van der Waals surface area contributed by atoms with Crippen LogP contribution in [0.5, 0.6) is 0 Å². The molecule has 0 radical (unpaired) electrons. The number of rotatable bonds is 6. The van der Waals surface area contributed by atoms with E-state index in [0.29, 0.717) is 10.0 Å². The van der Waals surface area contributed by atoms with Crippen molar-refractivity contribution >= 4 is 35.0 Å². The number of aryl methyl sites for hydroxylation is 1. The van der Waals surface area contributed by atoms with Gasteiger partial charge < -0.3 is 10.2 Å². The molecule has 0 fully saturated rings. The summed E-state index contributed by atoms with van der Waals surface area (Å²) in [7, 11) is 0. The van der Waals surface area contributed by atoms with Crippen LogP contribution in [0.2, 0.25) is 10.0 Å². The summed E-state index contributed by atoms with van der Waals surface area (Å²) in [5, 5.41) is 3.94. The fraction of sp³-hybridized carbons (Fsp3) is 0.391. The molecule has 0 saturated heterocycles. The predicted octanol–water partition coefficient (Wildman–Crippen LogP) is 5.18. The van der Waals surface area contributed by atoms with Crippen LogP contribution in [0.25, 0.3) is 0 Å². The van der Waals surface area contributed by atoms with Crippen molar-refractivity contribution in [1.29, 1.82) is 0 Å². The number of hydrogen-bond donors (Lipinski definition) is 1. The molecule has 2 aromatic rings. The van der Waals surface area contributed by atoms with Gasteiger partial charge in [0.25, 0.3) is 0 Å². The molecule has 0 aromatic heterocycles. The van der Waals surface area contributed by atoms with E-state index in [1.165, 1.54) is 0 Å². The lowest BCUT2D eigenvalue weighted by Crippen LogP contribution is -2.52. The van der Waals surface area contributed by atoms with Crippen molar-refractivity contribution in [2.24, 2.45) is 0 Å². The second kappa shape index (κ2) is 9.64. The van der Waals surface area contributed by atoms with Gasteiger partial charge in [0, 0.05) is 22.1 Å². The van der Waals surface area contributed by atoms with E-state index in [4.69, 9.17) is 23.2 Å². The van der Waals surface area contributed by atoms with Gasteiger partial charge in [0.2, 0.25) is 11.8 Å². The highest BCUT2D eigenvalue weighted by Crippen LogP contribution is 2.24. The quantitative estimate of drug-likeness (QED) is 0.680. The molecule has 2 amide bonds. The maximum absolute atomic E-state index is 13.2. The average Bonchev–Trinajstić information content (AvgIpc) is 2.61. The molecular weight excluding hydrogens is 407 g/mol. The van der Waals surface area contributed by atoms with Gasteiger partial charge >= 0.3 is 0 Å². The molecule has 1 atom stereocenters. The number of benzene rings is 2. The van der Waals surface area contributed by atoms with Crippen LogP contribution in [0.1, 0.15) is 44.4 Å². The summed E-state index contributed by atoms with van der Waals surface area (Å²) in [6, 6.07) is 12.2. The summed E-state index contributed by atoms with van der Waals surface area (Å²) in [5.41, 5.74) is 2.32. The Morgan fingerprint density at radius 1 is 1.07 bits per heavy atom. The lowest BCUT2D eigenvalue weighted by molar-refractivity contribution is -0.140. The van der Waals surface area contributed by atoms with E-state index in [0.717, 1.165) is 16.7 Å². The molecule has 156 valence electrons. The molecule has 2 aromatic carbocycles. The number of nitrogens with zero attached hydrogens (tertiary/aromatic N) is 1. The monoisotopic (exact) mass is 434 g/mol. The molecule has 1 unspecified atom stereocenters. The molecule has 0 saturated carbocycles. The molecule has 0 aliphatic rings. The van der Waals surface area contributed by atoms with E-state index in [1.54, 1.807) is 30.0 Å². The normalized spacial score (nSPS) is 12.4. The van der Waals surface area contributed by atoms with Crippen molar-refractivity contribution in [2.75, 3.05) is 0 Å². The average molecular weight is 435 g/mol. The highest BCUT2D eigenvalue weighted by molar-refractivity contribution is 6.35. The summed E-state index contributed by atoms with van der Waals surface area (Å²) in [6.07, 6.45) is 0.213. The van der Waals surface area contributed by atoms with Crippen molar-refractivity contribution in [3.05, 3.63) is 69.2 Å². The van der Waals surface area contributed by atoms with E-state index in [2.05, 4.69) is 5.32 Å². The van der Waals surface area contributed by atoms with Gasteiger partial charge in [0.1, 0.15) is 6.04 Å². The maximum atomic E-state index is 13.2. The van der Waals surface area contributed by atoms with Gasteiger partial charge in [0.15, 0.2) is 0 Å². The predicted molar refractivity (Wildman–Crippen MR) is 119 cm³/mol. The zero-order chi connectivity index (χ0) is 21.8. The van der Waals surface area contributed by atoms with Gasteiger partial charge in [-0.1, -0.05) is 53.5 Å². The third kappa shape index (κ3) is 6.76. The second-order valence-corrected chi connectivity index (χ2v) is 9.12. The van der Waals surface area contributed by atoms with Gasteiger partial charge in [-0.25, -0.2) is 0 Å². The SMILES string of the molecule is Cc1ccccc1CC(=O)N(Cc1ccc(Cl)cc1Cl)C(C)C(=O)NC(C)(C)C. The Balaban J connectivity index is 2.32. The molecule has 0 aliphatic heterocycles.